The van der Waals surface area contributed by atoms with Crippen LogP contribution in [0.1, 0.15) is 0 Å². The Morgan fingerprint density at radius 1 is 1.78 bits per heavy atom. The normalized spacial score (nSPS) is 12.7. The molecule has 4 nitrogen and oxygen atoms in total. The van der Waals surface area contributed by atoms with Crippen molar-refractivity contribution >= 4 is 22.0 Å². The van der Waals surface area contributed by atoms with Gasteiger partial charge in [-0.15, -0.1) is 0 Å². The fourth-order valence-corrected chi connectivity index (χ4v) is 0.489. The fourth-order valence-electron chi connectivity index (χ4n) is 0.260. The van der Waals surface area contributed by atoms with Crippen molar-refractivity contribution in [3.63, 3.8) is 0 Å². The molecule has 1 atom stereocenters. The van der Waals surface area contributed by atoms with Gasteiger partial charge < -0.3 is 15.5 Å². The van der Waals surface area contributed by atoms with E-state index in [0.29, 0.717) is 5.33 Å². The van der Waals surface area contributed by atoms with E-state index in [1.165, 1.54) is 0 Å². The molecule has 1 amide bonds. The summed E-state index contributed by atoms with van der Waals surface area (Å²) in [5.74, 6) is 0. The number of nitrogens with one attached hydrogen (secondary N) is 1. The monoisotopic (exact) mass is 197 g/mol. The Balaban J connectivity index is 3.16. The lowest BCUT2D eigenvalue weighted by Gasteiger charge is -2.04. The second-order valence-electron chi connectivity index (χ2n) is 1.49. The lowest BCUT2D eigenvalue weighted by Crippen LogP contribution is -2.31. The van der Waals surface area contributed by atoms with Crippen LogP contribution in [0, 0.1) is 0 Å². The molecule has 54 valence electrons. The standard InChI is InChI=1S/C4H8BrNO3/c5-1-3(7)2-6-4(8)9/h3,6-7H,1-2H2,(H,8,9). The Bertz CT molecular complexity index is 97.8. The van der Waals surface area contributed by atoms with Crippen molar-refractivity contribution in [1.82, 2.24) is 5.32 Å². The molecule has 0 aliphatic rings. The van der Waals surface area contributed by atoms with Crippen molar-refractivity contribution < 1.29 is 15.0 Å². The van der Waals surface area contributed by atoms with Crippen LogP contribution in [-0.2, 0) is 0 Å². The van der Waals surface area contributed by atoms with Crippen LogP contribution in [0.25, 0.3) is 0 Å². The van der Waals surface area contributed by atoms with Crippen LogP contribution in [-0.4, -0.2) is 34.3 Å². The topological polar surface area (TPSA) is 69.6 Å². The van der Waals surface area contributed by atoms with E-state index in [9.17, 15) is 4.79 Å². The largest absolute Gasteiger partial charge is 0.465 e. The Kier molecular flexibility index (Phi) is 4.43. The average molecular weight is 198 g/mol. The van der Waals surface area contributed by atoms with E-state index >= 15 is 0 Å². The van der Waals surface area contributed by atoms with Gasteiger partial charge in [-0.1, -0.05) is 15.9 Å². The summed E-state index contributed by atoms with van der Waals surface area (Å²) in [5.41, 5.74) is 0. The summed E-state index contributed by atoms with van der Waals surface area (Å²) >= 11 is 2.98. The van der Waals surface area contributed by atoms with Gasteiger partial charge in [0.2, 0.25) is 0 Å². The third-order valence-corrected chi connectivity index (χ3v) is 1.41. The van der Waals surface area contributed by atoms with Crippen molar-refractivity contribution in [3.05, 3.63) is 0 Å². The van der Waals surface area contributed by atoms with Crippen molar-refractivity contribution in [3.8, 4) is 0 Å². The van der Waals surface area contributed by atoms with Crippen LogP contribution in [0.2, 0.25) is 0 Å². The Hall–Kier alpha value is -0.290. The Labute approximate surface area is 61.0 Å². The summed E-state index contributed by atoms with van der Waals surface area (Å²) in [4.78, 5) is 9.78. The maximum Gasteiger partial charge on any atom is 0.404 e. The van der Waals surface area contributed by atoms with Gasteiger partial charge in [0, 0.05) is 11.9 Å². The van der Waals surface area contributed by atoms with Crippen LogP contribution in [0.5, 0.6) is 0 Å². The zero-order valence-electron chi connectivity index (χ0n) is 4.67. The van der Waals surface area contributed by atoms with E-state index < -0.39 is 12.2 Å². The van der Waals surface area contributed by atoms with Gasteiger partial charge in [0.25, 0.3) is 0 Å². The number of amides is 1. The van der Waals surface area contributed by atoms with Gasteiger partial charge >= 0.3 is 6.09 Å². The third kappa shape index (κ3) is 5.58. The number of aliphatic hydroxyl groups excluding tert-OH is 1. The first-order valence-electron chi connectivity index (χ1n) is 2.37. The lowest BCUT2D eigenvalue weighted by molar-refractivity contribution is 0.171. The quantitative estimate of drug-likeness (QED) is 0.559. The van der Waals surface area contributed by atoms with E-state index in [2.05, 4.69) is 15.9 Å². The van der Waals surface area contributed by atoms with Gasteiger partial charge in [-0.2, -0.15) is 0 Å². The first-order chi connectivity index (χ1) is 4.16. The maximum atomic E-state index is 9.78. The van der Waals surface area contributed by atoms with E-state index in [1.54, 1.807) is 0 Å². The predicted molar refractivity (Wildman–Crippen MR) is 35.8 cm³/mol. The first kappa shape index (κ1) is 8.71. The number of aliphatic hydroxyl groups is 1. The minimum Gasteiger partial charge on any atom is -0.465 e. The molecule has 0 saturated heterocycles. The van der Waals surface area contributed by atoms with E-state index in [4.69, 9.17) is 10.2 Å². The number of carboxylic acid groups (broad SMARTS) is 1. The zero-order valence-corrected chi connectivity index (χ0v) is 6.26. The summed E-state index contributed by atoms with van der Waals surface area (Å²) in [6.07, 6.45) is -1.75. The van der Waals surface area contributed by atoms with Crippen molar-refractivity contribution in [2.24, 2.45) is 0 Å². The lowest BCUT2D eigenvalue weighted by atomic mass is 10.4. The minimum absolute atomic E-state index is 0.0700. The molecule has 1 unspecified atom stereocenters. The number of hydrogen-bond acceptors (Lipinski definition) is 2. The van der Waals surface area contributed by atoms with E-state index in [1.807, 2.05) is 5.32 Å². The summed E-state index contributed by atoms with van der Waals surface area (Å²) < 4.78 is 0. The van der Waals surface area contributed by atoms with Gasteiger partial charge in [0.1, 0.15) is 0 Å². The zero-order chi connectivity index (χ0) is 7.28. The molecule has 5 heteroatoms. The maximum absolute atomic E-state index is 9.78. The van der Waals surface area contributed by atoms with Crippen LogP contribution >= 0.6 is 15.9 Å². The Morgan fingerprint density at radius 2 is 2.33 bits per heavy atom. The van der Waals surface area contributed by atoms with Gasteiger partial charge in [-0.25, -0.2) is 4.79 Å². The van der Waals surface area contributed by atoms with Crippen molar-refractivity contribution in [2.45, 2.75) is 6.10 Å². The average Bonchev–Trinajstić information content (AvgIpc) is 1.83. The molecule has 0 heterocycles. The summed E-state index contributed by atoms with van der Waals surface area (Å²) in [7, 11) is 0. The van der Waals surface area contributed by atoms with Crippen LogP contribution in [0.15, 0.2) is 0 Å². The molecular formula is C4H8BrNO3. The summed E-state index contributed by atoms with van der Waals surface area (Å²) in [6.45, 7) is 0.0700. The molecule has 0 aromatic rings. The van der Waals surface area contributed by atoms with E-state index in [-0.39, 0.29) is 6.54 Å². The van der Waals surface area contributed by atoms with Crippen LogP contribution < -0.4 is 5.32 Å². The molecule has 0 radical (unpaired) electrons. The van der Waals surface area contributed by atoms with Crippen molar-refractivity contribution in [1.29, 1.82) is 0 Å². The summed E-state index contributed by atoms with van der Waals surface area (Å²) in [6, 6.07) is 0. The fraction of sp³-hybridized carbons (Fsp3) is 0.750. The molecule has 0 aliphatic carbocycles. The van der Waals surface area contributed by atoms with Gasteiger partial charge in [0.05, 0.1) is 6.10 Å². The molecule has 0 rings (SSSR count). The molecular weight excluding hydrogens is 190 g/mol. The highest BCUT2D eigenvalue weighted by atomic mass is 79.9. The smallest absolute Gasteiger partial charge is 0.404 e. The highest BCUT2D eigenvalue weighted by Crippen LogP contribution is 1.86. The second-order valence-corrected chi connectivity index (χ2v) is 2.14. The molecule has 0 spiro atoms. The molecule has 0 bridgehead atoms. The van der Waals surface area contributed by atoms with Crippen LogP contribution in [0.3, 0.4) is 0 Å². The number of halogens is 1. The predicted octanol–water partition coefficient (Wildman–Crippen LogP) is 0.00980. The van der Waals surface area contributed by atoms with Gasteiger partial charge in [-0.3, -0.25) is 0 Å². The molecule has 0 saturated carbocycles. The van der Waals surface area contributed by atoms with E-state index in [0.717, 1.165) is 0 Å². The SMILES string of the molecule is O=C(O)NCC(O)CBr. The number of alkyl halides is 1. The molecule has 0 aliphatic heterocycles. The second kappa shape index (κ2) is 4.58. The highest BCUT2D eigenvalue weighted by Gasteiger charge is 2.01. The number of rotatable bonds is 3. The highest BCUT2D eigenvalue weighted by molar-refractivity contribution is 9.09. The number of hydrogen-bond donors (Lipinski definition) is 3. The van der Waals surface area contributed by atoms with Gasteiger partial charge in [-0.05, 0) is 0 Å². The van der Waals surface area contributed by atoms with Crippen molar-refractivity contribution in [2.75, 3.05) is 11.9 Å². The number of carbonyl (C=O) groups is 1. The first-order valence-corrected chi connectivity index (χ1v) is 3.49. The molecule has 0 fully saturated rings. The third-order valence-electron chi connectivity index (χ3n) is 0.667. The summed E-state index contributed by atoms with van der Waals surface area (Å²) in [5, 5.41) is 19.2. The Morgan fingerprint density at radius 3 is 2.67 bits per heavy atom. The molecule has 0 aromatic heterocycles. The molecule has 3 N–H and O–H groups in total. The molecule has 9 heavy (non-hydrogen) atoms. The molecule has 0 aromatic carbocycles. The minimum atomic E-state index is -1.12. The van der Waals surface area contributed by atoms with Crippen LogP contribution in [0.4, 0.5) is 4.79 Å². The van der Waals surface area contributed by atoms with Gasteiger partial charge in [0.15, 0.2) is 0 Å².